The molecule has 2 aromatic rings. The molecule has 150 valence electrons. The normalized spacial score (nSPS) is 20.2. The molecule has 1 N–H and O–H groups in total. The number of amides is 1. The van der Waals surface area contributed by atoms with Gasteiger partial charge in [-0.15, -0.1) is 0 Å². The highest BCUT2D eigenvalue weighted by molar-refractivity contribution is 5.93. The second-order valence-electron chi connectivity index (χ2n) is 7.25. The van der Waals surface area contributed by atoms with Crippen LogP contribution in [-0.4, -0.2) is 40.9 Å². The standard InChI is InChI=1S/C21H27N3O4/c1-14-9-7-8-12-17(14)22-20(25)15(2)28-21(26)19-18(27-3)13-24(23-19)16-10-5-4-6-11-16/h4-6,10-11,13-15,17H,7-9,12H2,1-3H3,(H,22,25)/t14-,15-,17-/m1/s1. The van der Waals surface area contributed by atoms with Crippen LogP contribution in [0.3, 0.4) is 0 Å². The number of para-hydroxylation sites is 1. The molecular formula is C21H27N3O4. The van der Waals surface area contributed by atoms with E-state index < -0.39 is 12.1 Å². The monoisotopic (exact) mass is 385 g/mol. The number of methoxy groups -OCH3 is 1. The summed E-state index contributed by atoms with van der Waals surface area (Å²) in [5.41, 5.74) is 0.828. The fraction of sp³-hybridized carbons (Fsp3) is 0.476. The molecule has 1 fully saturated rings. The molecule has 1 saturated carbocycles. The molecule has 0 spiro atoms. The zero-order valence-corrected chi connectivity index (χ0v) is 16.6. The number of rotatable bonds is 6. The number of nitrogens with zero attached hydrogens (tertiary/aromatic N) is 2. The minimum absolute atomic E-state index is 0.0389. The Kier molecular flexibility index (Phi) is 6.34. The van der Waals surface area contributed by atoms with E-state index in [-0.39, 0.29) is 17.6 Å². The molecule has 7 heteroatoms. The van der Waals surface area contributed by atoms with E-state index >= 15 is 0 Å². The van der Waals surface area contributed by atoms with Crippen molar-refractivity contribution in [3.8, 4) is 11.4 Å². The highest BCUT2D eigenvalue weighted by atomic mass is 16.6. The molecule has 1 aromatic carbocycles. The van der Waals surface area contributed by atoms with E-state index in [0.29, 0.717) is 11.7 Å². The second kappa shape index (κ2) is 8.91. The predicted octanol–water partition coefficient (Wildman–Crippen LogP) is 3.12. The molecule has 1 heterocycles. The molecule has 3 atom stereocenters. The largest absolute Gasteiger partial charge is 0.493 e. The Morgan fingerprint density at radius 2 is 1.93 bits per heavy atom. The third-order valence-corrected chi connectivity index (χ3v) is 5.21. The molecule has 1 aliphatic rings. The van der Waals surface area contributed by atoms with Gasteiger partial charge in [-0.05, 0) is 37.8 Å². The lowest BCUT2D eigenvalue weighted by Gasteiger charge is -2.30. The van der Waals surface area contributed by atoms with Gasteiger partial charge in [-0.2, -0.15) is 5.10 Å². The average Bonchev–Trinajstić information content (AvgIpc) is 3.15. The topological polar surface area (TPSA) is 82.5 Å². The predicted molar refractivity (Wildman–Crippen MR) is 105 cm³/mol. The SMILES string of the molecule is COc1cn(-c2ccccc2)nc1C(=O)O[C@H](C)C(=O)N[C@@H]1CCCC[C@H]1C. The first kappa shape index (κ1) is 19.9. The maximum absolute atomic E-state index is 12.6. The first-order valence-corrected chi connectivity index (χ1v) is 9.70. The number of nitrogens with one attached hydrogen (secondary N) is 1. The summed E-state index contributed by atoms with van der Waals surface area (Å²) in [6, 6.07) is 9.51. The molecule has 28 heavy (non-hydrogen) atoms. The van der Waals surface area contributed by atoms with Gasteiger partial charge in [0.2, 0.25) is 5.69 Å². The molecule has 0 saturated heterocycles. The lowest BCUT2D eigenvalue weighted by atomic mass is 9.86. The number of carbonyl (C=O) groups is 2. The van der Waals surface area contributed by atoms with Gasteiger partial charge in [-0.1, -0.05) is 38.0 Å². The fourth-order valence-corrected chi connectivity index (χ4v) is 3.46. The first-order valence-electron chi connectivity index (χ1n) is 9.70. The Hall–Kier alpha value is -2.83. The number of aromatic nitrogens is 2. The Morgan fingerprint density at radius 3 is 2.61 bits per heavy atom. The maximum Gasteiger partial charge on any atom is 0.363 e. The lowest BCUT2D eigenvalue weighted by molar-refractivity contribution is -0.130. The van der Waals surface area contributed by atoms with Gasteiger partial charge in [0, 0.05) is 6.04 Å². The van der Waals surface area contributed by atoms with Crippen molar-refractivity contribution >= 4 is 11.9 Å². The molecule has 1 aromatic heterocycles. The molecule has 0 radical (unpaired) electrons. The van der Waals surface area contributed by atoms with Crippen LogP contribution in [0.5, 0.6) is 5.75 Å². The van der Waals surface area contributed by atoms with Crippen molar-refractivity contribution in [1.82, 2.24) is 15.1 Å². The van der Waals surface area contributed by atoms with Crippen LogP contribution in [0.2, 0.25) is 0 Å². The summed E-state index contributed by atoms with van der Waals surface area (Å²) in [6.07, 6.45) is 5.07. The van der Waals surface area contributed by atoms with Gasteiger partial charge >= 0.3 is 5.97 Å². The molecule has 0 bridgehead atoms. The van der Waals surface area contributed by atoms with Gasteiger partial charge in [0.1, 0.15) is 0 Å². The van der Waals surface area contributed by atoms with Crippen LogP contribution in [0.4, 0.5) is 0 Å². The van der Waals surface area contributed by atoms with Crippen molar-refractivity contribution in [3.05, 3.63) is 42.2 Å². The van der Waals surface area contributed by atoms with Crippen molar-refractivity contribution in [2.45, 2.75) is 51.7 Å². The third-order valence-electron chi connectivity index (χ3n) is 5.21. The number of esters is 1. The van der Waals surface area contributed by atoms with Crippen LogP contribution in [0.15, 0.2) is 36.5 Å². The van der Waals surface area contributed by atoms with Crippen molar-refractivity contribution < 1.29 is 19.1 Å². The number of benzene rings is 1. The van der Waals surface area contributed by atoms with Crippen LogP contribution >= 0.6 is 0 Å². The number of carbonyl (C=O) groups excluding carboxylic acids is 2. The van der Waals surface area contributed by atoms with E-state index in [1.165, 1.54) is 13.5 Å². The van der Waals surface area contributed by atoms with Gasteiger partial charge in [-0.3, -0.25) is 4.79 Å². The fourth-order valence-electron chi connectivity index (χ4n) is 3.46. The Labute approximate surface area is 165 Å². The van der Waals surface area contributed by atoms with Gasteiger partial charge in [0.05, 0.1) is 19.0 Å². The minimum Gasteiger partial charge on any atom is -0.493 e. The molecular weight excluding hydrogens is 358 g/mol. The number of hydrogen-bond acceptors (Lipinski definition) is 5. The molecule has 1 aliphatic carbocycles. The zero-order valence-electron chi connectivity index (χ0n) is 16.6. The second-order valence-corrected chi connectivity index (χ2v) is 7.25. The minimum atomic E-state index is -0.909. The molecule has 1 amide bonds. The lowest BCUT2D eigenvalue weighted by Crippen LogP contribution is -2.46. The van der Waals surface area contributed by atoms with E-state index in [9.17, 15) is 9.59 Å². The Morgan fingerprint density at radius 1 is 1.21 bits per heavy atom. The molecule has 0 aliphatic heterocycles. The van der Waals surface area contributed by atoms with Crippen molar-refractivity contribution in [3.63, 3.8) is 0 Å². The third kappa shape index (κ3) is 4.52. The quantitative estimate of drug-likeness (QED) is 0.773. The number of hydrogen-bond donors (Lipinski definition) is 1. The van der Waals surface area contributed by atoms with E-state index in [4.69, 9.17) is 9.47 Å². The highest BCUT2D eigenvalue weighted by Crippen LogP contribution is 2.24. The molecule has 7 nitrogen and oxygen atoms in total. The van der Waals surface area contributed by atoms with Gasteiger partial charge < -0.3 is 14.8 Å². The summed E-state index contributed by atoms with van der Waals surface area (Å²) in [6.45, 7) is 3.71. The number of ether oxygens (including phenoxy) is 2. The summed E-state index contributed by atoms with van der Waals surface area (Å²) in [5.74, 6) is -0.246. The Balaban J connectivity index is 1.66. The summed E-state index contributed by atoms with van der Waals surface area (Å²) in [4.78, 5) is 25.0. The van der Waals surface area contributed by atoms with Crippen LogP contribution < -0.4 is 10.1 Å². The Bertz CT molecular complexity index is 818. The van der Waals surface area contributed by atoms with Crippen LogP contribution in [0, 0.1) is 5.92 Å². The summed E-state index contributed by atoms with van der Waals surface area (Å²) >= 11 is 0. The summed E-state index contributed by atoms with van der Waals surface area (Å²) in [5, 5.41) is 7.29. The average molecular weight is 385 g/mol. The van der Waals surface area contributed by atoms with Gasteiger partial charge in [-0.25, -0.2) is 9.48 Å². The van der Waals surface area contributed by atoms with E-state index in [1.54, 1.807) is 17.8 Å². The van der Waals surface area contributed by atoms with Crippen molar-refractivity contribution in [2.24, 2.45) is 5.92 Å². The zero-order chi connectivity index (χ0) is 20.1. The van der Waals surface area contributed by atoms with Gasteiger partial charge in [0.15, 0.2) is 11.9 Å². The smallest absolute Gasteiger partial charge is 0.363 e. The van der Waals surface area contributed by atoms with Crippen LogP contribution in [0.1, 0.15) is 50.0 Å². The van der Waals surface area contributed by atoms with Crippen molar-refractivity contribution in [2.75, 3.05) is 7.11 Å². The van der Waals surface area contributed by atoms with E-state index in [2.05, 4.69) is 17.3 Å². The first-order chi connectivity index (χ1) is 13.5. The highest BCUT2D eigenvalue weighted by Gasteiger charge is 2.28. The maximum atomic E-state index is 12.6. The molecule has 3 rings (SSSR count). The molecule has 0 unspecified atom stereocenters. The van der Waals surface area contributed by atoms with E-state index in [1.807, 2.05) is 30.3 Å². The van der Waals surface area contributed by atoms with Crippen LogP contribution in [-0.2, 0) is 9.53 Å². The van der Waals surface area contributed by atoms with Crippen LogP contribution in [0.25, 0.3) is 5.69 Å². The summed E-state index contributed by atoms with van der Waals surface area (Å²) in [7, 11) is 1.46. The summed E-state index contributed by atoms with van der Waals surface area (Å²) < 4.78 is 12.2. The van der Waals surface area contributed by atoms with Gasteiger partial charge in [0.25, 0.3) is 5.91 Å². The van der Waals surface area contributed by atoms with Crippen molar-refractivity contribution in [1.29, 1.82) is 0 Å². The van der Waals surface area contributed by atoms with E-state index in [0.717, 1.165) is 24.9 Å².